The summed E-state index contributed by atoms with van der Waals surface area (Å²) in [5.74, 6) is -0.394. The van der Waals surface area contributed by atoms with E-state index in [9.17, 15) is 18.0 Å². The van der Waals surface area contributed by atoms with Crippen molar-refractivity contribution in [2.75, 3.05) is 20.2 Å². The van der Waals surface area contributed by atoms with Gasteiger partial charge in [0.2, 0.25) is 10.0 Å². The lowest BCUT2D eigenvalue weighted by Crippen LogP contribution is -2.42. The number of amides is 1. The van der Waals surface area contributed by atoms with Crippen molar-refractivity contribution in [3.8, 4) is 0 Å². The lowest BCUT2D eigenvalue weighted by atomic mass is 9.94. The number of hydrogen-bond donors (Lipinski definition) is 0. The minimum atomic E-state index is -3.64. The van der Waals surface area contributed by atoms with Crippen molar-refractivity contribution in [2.45, 2.75) is 31.7 Å². The van der Waals surface area contributed by atoms with E-state index in [1.807, 2.05) is 18.2 Å². The summed E-state index contributed by atoms with van der Waals surface area (Å²) >= 11 is 4.71. The summed E-state index contributed by atoms with van der Waals surface area (Å²) in [4.78, 5) is 29.7. The van der Waals surface area contributed by atoms with Gasteiger partial charge in [0.15, 0.2) is 4.80 Å². The Balaban J connectivity index is 1.65. The molecular weight excluding hydrogens is 554 g/mol. The minimum absolute atomic E-state index is 0.0892. The number of methoxy groups -OCH3 is 1. The predicted molar refractivity (Wildman–Crippen MR) is 138 cm³/mol. The highest BCUT2D eigenvalue weighted by atomic mass is 79.9. The molecule has 3 aromatic rings. The summed E-state index contributed by atoms with van der Waals surface area (Å²) in [6.45, 7) is 5.01. The van der Waals surface area contributed by atoms with Gasteiger partial charge in [0.05, 0.1) is 22.2 Å². The second kappa shape index (κ2) is 10.3. The maximum absolute atomic E-state index is 13.1. The van der Waals surface area contributed by atoms with Gasteiger partial charge in [-0.3, -0.25) is 9.59 Å². The summed E-state index contributed by atoms with van der Waals surface area (Å²) in [5, 5.41) is 0. The minimum Gasteiger partial charge on any atom is -0.468 e. The van der Waals surface area contributed by atoms with E-state index in [4.69, 9.17) is 4.74 Å². The van der Waals surface area contributed by atoms with Gasteiger partial charge in [0.1, 0.15) is 6.54 Å². The first-order valence-electron chi connectivity index (χ1n) is 11.1. The molecule has 2 heterocycles. The number of hydrogen-bond acceptors (Lipinski definition) is 6. The third kappa shape index (κ3) is 5.58. The first-order valence-corrected chi connectivity index (χ1v) is 14.2. The Kier molecular flexibility index (Phi) is 7.60. The fourth-order valence-electron chi connectivity index (χ4n) is 4.35. The van der Waals surface area contributed by atoms with Crippen LogP contribution in [-0.4, -0.2) is 49.4 Å². The molecule has 1 fully saturated rings. The lowest BCUT2D eigenvalue weighted by molar-refractivity contribution is -0.141. The number of sulfonamides is 1. The molecule has 1 aliphatic heterocycles. The number of carbonyl (C=O) groups excluding carboxylic acids is 2. The number of ether oxygens (including phenoxy) is 1. The third-order valence-corrected chi connectivity index (χ3v) is 9.31. The van der Waals surface area contributed by atoms with Crippen LogP contribution in [-0.2, 0) is 26.1 Å². The Hall–Kier alpha value is -2.34. The maximum Gasteiger partial charge on any atom is 0.325 e. The zero-order chi connectivity index (χ0) is 25.3. The zero-order valence-corrected chi connectivity index (χ0v) is 22.8. The molecule has 186 valence electrons. The van der Waals surface area contributed by atoms with E-state index in [0.717, 1.165) is 21.1 Å². The van der Waals surface area contributed by atoms with Gasteiger partial charge in [-0.25, -0.2) is 8.42 Å². The van der Waals surface area contributed by atoms with Gasteiger partial charge < -0.3 is 9.30 Å². The summed E-state index contributed by atoms with van der Waals surface area (Å²) in [7, 11) is -2.34. The molecule has 0 aliphatic carbocycles. The SMILES string of the molecule is COC(=O)Cn1c(=NC(=O)c2ccc(S(=O)(=O)N3CC(C)CC(C)C3)cc2)sc2cc(Br)ccc21. The van der Waals surface area contributed by atoms with Gasteiger partial charge >= 0.3 is 5.97 Å². The van der Waals surface area contributed by atoms with Crippen molar-refractivity contribution in [2.24, 2.45) is 16.8 Å². The second-order valence-electron chi connectivity index (χ2n) is 8.87. The van der Waals surface area contributed by atoms with Gasteiger partial charge in [-0.2, -0.15) is 9.30 Å². The number of thiazole rings is 1. The number of carbonyl (C=O) groups is 2. The van der Waals surface area contributed by atoms with E-state index in [0.29, 0.717) is 29.7 Å². The van der Waals surface area contributed by atoms with Crippen LogP contribution < -0.4 is 4.80 Å². The van der Waals surface area contributed by atoms with Crippen LogP contribution in [0.15, 0.2) is 56.8 Å². The number of fused-ring (bicyclic) bond motifs is 1. The number of nitrogens with zero attached hydrogens (tertiary/aromatic N) is 3. The van der Waals surface area contributed by atoms with E-state index in [1.54, 1.807) is 4.57 Å². The van der Waals surface area contributed by atoms with Gasteiger partial charge in [0, 0.05) is 23.1 Å². The molecule has 0 saturated carbocycles. The smallest absolute Gasteiger partial charge is 0.325 e. The Morgan fingerprint density at radius 3 is 2.40 bits per heavy atom. The van der Waals surface area contributed by atoms with E-state index in [2.05, 4.69) is 34.8 Å². The largest absolute Gasteiger partial charge is 0.468 e. The molecule has 8 nitrogen and oxygen atoms in total. The van der Waals surface area contributed by atoms with E-state index in [1.165, 1.54) is 47.0 Å². The molecule has 4 rings (SSSR count). The topological polar surface area (TPSA) is 98.0 Å². The number of aromatic nitrogens is 1. The maximum atomic E-state index is 13.1. The highest BCUT2D eigenvalue weighted by molar-refractivity contribution is 9.10. The summed E-state index contributed by atoms with van der Waals surface area (Å²) < 4.78 is 35.9. The van der Waals surface area contributed by atoms with Crippen LogP contribution in [0, 0.1) is 11.8 Å². The Labute approximate surface area is 216 Å². The number of piperidine rings is 1. The lowest BCUT2D eigenvalue weighted by Gasteiger charge is -2.34. The van der Waals surface area contributed by atoms with Gasteiger partial charge in [-0.05, 0) is 60.7 Å². The molecule has 0 radical (unpaired) electrons. The summed E-state index contributed by atoms with van der Waals surface area (Å²) in [6.07, 6.45) is 1.01. The molecule has 35 heavy (non-hydrogen) atoms. The van der Waals surface area contributed by atoms with Crippen molar-refractivity contribution in [1.29, 1.82) is 0 Å². The fraction of sp³-hybridized carbons (Fsp3) is 0.375. The molecule has 1 saturated heterocycles. The Morgan fingerprint density at radius 1 is 1.11 bits per heavy atom. The Morgan fingerprint density at radius 2 is 1.77 bits per heavy atom. The van der Waals surface area contributed by atoms with Crippen LogP contribution >= 0.6 is 27.3 Å². The van der Waals surface area contributed by atoms with Crippen molar-refractivity contribution in [3.05, 3.63) is 57.3 Å². The van der Waals surface area contributed by atoms with Crippen molar-refractivity contribution >= 4 is 59.4 Å². The molecule has 1 aromatic heterocycles. The monoisotopic (exact) mass is 579 g/mol. The average Bonchev–Trinajstić information content (AvgIpc) is 3.13. The van der Waals surface area contributed by atoms with E-state index in [-0.39, 0.29) is 17.0 Å². The number of rotatable bonds is 5. The molecule has 1 aliphatic rings. The summed E-state index contributed by atoms with van der Waals surface area (Å²) in [5.41, 5.74) is 1.01. The molecule has 0 N–H and O–H groups in total. The van der Waals surface area contributed by atoms with Crippen molar-refractivity contribution in [3.63, 3.8) is 0 Å². The molecule has 1 amide bonds. The van der Waals surface area contributed by atoms with Crippen molar-refractivity contribution < 1.29 is 22.7 Å². The van der Waals surface area contributed by atoms with Crippen LogP contribution in [0.1, 0.15) is 30.6 Å². The number of halogens is 1. The molecule has 0 bridgehead atoms. The number of esters is 1. The molecule has 11 heteroatoms. The standard InChI is InChI=1S/C24H26BrN3O5S2/c1-15-10-16(2)13-27(12-15)35(31,32)19-7-4-17(5-8-19)23(30)26-24-28(14-22(29)33-3)20-9-6-18(25)11-21(20)34-24/h4-9,11,15-16H,10,12-14H2,1-3H3. The van der Waals surface area contributed by atoms with Crippen LogP contribution in [0.5, 0.6) is 0 Å². The third-order valence-electron chi connectivity index (χ3n) is 5.93. The first kappa shape index (κ1) is 25.7. The first-order chi connectivity index (χ1) is 16.6. The predicted octanol–water partition coefficient (Wildman–Crippen LogP) is 4.05. The molecule has 0 spiro atoms. The highest BCUT2D eigenvalue weighted by Crippen LogP contribution is 2.27. The number of benzene rings is 2. The Bertz CT molecular complexity index is 1430. The average molecular weight is 581 g/mol. The van der Waals surface area contributed by atoms with Crippen LogP contribution in [0.25, 0.3) is 10.2 Å². The van der Waals surface area contributed by atoms with Crippen LogP contribution in [0.2, 0.25) is 0 Å². The van der Waals surface area contributed by atoms with Crippen LogP contribution in [0.3, 0.4) is 0 Å². The van der Waals surface area contributed by atoms with Gasteiger partial charge in [-0.15, -0.1) is 0 Å². The van der Waals surface area contributed by atoms with Gasteiger partial charge in [-0.1, -0.05) is 41.1 Å². The second-order valence-corrected chi connectivity index (χ2v) is 12.7. The molecular formula is C24H26BrN3O5S2. The summed E-state index contributed by atoms with van der Waals surface area (Å²) in [6, 6.07) is 11.4. The van der Waals surface area contributed by atoms with Gasteiger partial charge in [0.25, 0.3) is 5.91 Å². The highest BCUT2D eigenvalue weighted by Gasteiger charge is 2.31. The van der Waals surface area contributed by atoms with E-state index >= 15 is 0 Å². The molecule has 2 aromatic carbocycles. The molecule has 2 atom stereocenters. The normalized spacial score (nSPS) is 19.7. The van der Waals surface area contributed by atoms with Crippen LogP contribution in [0.4, 0.5) is 0 Å². The quantitative estimate of drug-likeness (QED) is 0.425. The fourth-order valence-corrected chi connectivity index (χ4v) is 7.61. The molecule has 2 unspecified atom stereocenters. The zero-order valence-electron chi connectivity index (χ0n) is 19.6. The van der Waals surface area contributed by atoms with E-state index < -0.39 is 21.9 Å². The van der Waals surface area contributed by atoms with Crippen molar-refractivity contribution in [1.82, 2.24) is 8.87 Å².